The molecule has 0 bridgehead atoms. The van der Waals surface area contributed by atoms with Gasteiger partial charge in [-0.05, 0) is 29.8 Å². The number of halogens is 1. The summed E-state index contributed by atoms with van der Waals surface area (Å²) in [6.45, 7) is 0.324. The van der Waals surface area contributed by atoms with E-state index in [9.17, 15) is 14.9 Å². The predicted octanol–water partition coefficient (Wildman–Crippen LogP) is 2.92. The molecule has 0 aliphatic rings. The number of amides is 1. The summed E-state index contributed by atoms with van der Waals surface area (Å²) in [7, 11) is 1.58. The lowest BCUT2D eigenvalue weighted by Gasteiger charge is -2.17. The number of nitro benzene ring substituents is 1. The maximum atomic E-state index is 12.4. The second-order valence-corrected chi connectivity index (χ2v) is 4.82. The third kappa shape index (κ3) is 3.35. The van der Waals surface area contributed by atoms with E-state index in [1.807, 2.05) is 0 Å². The summed E-state index contributed by atoms with van der Waals surface area (Å²) >= 11 is 5.81. The molecule has 21 heavy (non-hydrogen) atoms. The Morgan fingerprint density at radius 2 is 2.00 bits per heavy atom. The third-order valence-corrected chi connectivity index (χ3v) is 3.22. The van der Waals surface area contributed by atoms with Gasteiger partial charge in [0.1, 0.15) is 10.6 Å². The zero-order valence-corrected chi connectivity index (χ0v) is 11.9. The van der Waals surface area contributed by atoms with Crippen molar-refractivity contribution in [1.29, 1.82) is 0 Å². The molecule has 2 aromatic rings. The molecule has 1 heterocycles. The molecule has 0 radical (unpaired) electrons. The van der Waals surface area contributed by atoms with Gasteiger partial charge in [-0.3, -0.25) is 19.9 Å². The summed E-state index contributed by atoms with van der Waals surface area (Å²) < 4.78 is 0. The maximum absolute atomic E-state index is 12.4. The number of para-hydroxylation sites is 1. The fraction of sp³-hybridized carbons (Fsp3) is 0.143. The van der Waals surface area contributed by atoms with Crippen LogP contribution in [0.3, 0.4) is 0 Å². The van der Waals surface area contributed by atoms with Gasteiger partial charge >= 0.3 is 5.69 Å². The molecule has 0 saturated carbocycles. The van der Waals surface area contributed by atoms with E-state index < -0.39 is 10.8 Å². The number of carbonyl (C=O) groups is 1. The summed E-state index contributed by atoms with van der Waals surface area (Å²) in [4.78, 5) is 28.1. The number of carbonyl (C=O) groups excluding carboxylic acids is 1. The quantitative estimate of drug-likeness (QED) is 0.643. The molecule has 0 aliphatic heterocycles. The monoisotopic (exact) mass is 305 g/mol. The van der Waals surface area contributed by atoms with E-state index in [4.69, 9.17) is 11.6 Å². The number of benzene rings is 1. The minimum absolute atomic E-state index is 0.0240. The van der Waals surface area contributed by atoms with Crippen LogP contribution in [0.1, 0.15) is 15.9 Å². The highest BCUT2D eigenvalue weighted by atomic mass is 35.5. The van der Waals surface area contributed by atoms with Crippen molar-refractivity contribution in [3.8, 4) is 0 Å². The fourth-order valence-corrected chi connectivity index (χ4v) is 2.16. The first-order valence-electron chi connectivity index (χ1n) is 6.08. The van der Waals surface area contributed by atoms with Crippen molar-refractivity contribution in [3.63, 3.8) is 0 Å². The number of hydrogen-bond donors (Lipinski definition) is 0. The lowest BCUT2D eigenvalue weighted by atomic mass is 10.1. The van der Waals surface area contributed by atoms with E-state index in [2.05, 4.69) is 4.98 Å². The summed E-state index contributed by atoms with van der Waals surface area (Å²) in [6, 6.07) is 7.85. The molecular formula is C14H12ClN3O3. The number of aromatic nitrogens is 1. The number of hydrogen-bond acceptors (Lipinski definition) is 4. The maximum Gasteiger partial charge on any atom is 0.300 e. The van der Waals surface area contributed by atoms with Gasteiger partial charge in [0.2, 0.25) is 0 Å². The molecule has 0 saturated heterocycles. The van der Waals surface area contributed by atoms with Crippen molar-refractivity contribution in [1.82, 2.24) is 9.88 Å². The van der Waals surface area contributed by atoms with Crippen LogP contribution in [0, 0.1) is 10.1 Å². The van der Waals surface area contributed by atoms with Crippen LogP contribution in [-0.4, -0.2) is 27.8 Å². The summed E-state index contributed by atoms with van der Waals surface area (Å²) in [6.07, 6.45) is 3.24. The average Bonchev–Trinajstić information content (AvgIpc) is 2.46. The number of nitro groups is 1. The van der Waals surface area contributed by atoms with E-state index in [1.165, 1.54) is 23.1 Å². The highest BCUT2D eigenvalue weighted by molar-refractivity contribution is 6.33. The molecule has 0 fully saturated rings. The van der Waals surface area contributed by atoms with Gasteiger partial charge in [-0.25, -0.2) is 0 Å². The van der Waals surface area contributed by atoms with E-state index in [0.29, 0.717) is 6.54 Å². The lowest BCUT2D eigenvalue weighted by Crippen LogP contribution is -2.27. The first kappa shape index (κ1) is 14.9. The van der Waals surface area contributed by atoms with Crippen LogP contribution in [0.5, 0.6) is 0 Å². The molecule has 0 unspecified atom stereocenters. The van der Waals surface area contributed by atoms with Gasteiger partial charge in [-0.1, -0.05) is 17.7 Å². The van der Waals surface area contributed by atoms with Crippen LogP contribution in [-0.2, 0) is 6.54 Å². The van der Waals surface area contributed by atoms with Crippen molar-refractivity contribution in [2.45, 2.75) is 6.54 Å². The Balaban J connectivity index is 2.28. The van der Waals surface area contributed by atoms with Crippen LogP contribution in [0.2, 0.25) is 5.02 Å². The normalized spacial score (nSPS) is 10.2. The molecule has 7 heteroatoms. The topological polar surface area (TPSA) is 76.3 Å². The van der Waals surface area contributed by atoms with Crippen LogP contribution < -0.4 is 0 Å². The number of nitrogens with zero attached hydrogens (tertiary/aromatic N) is 3. The Kier molecular flexibility index (Phi) is 4.49. The first-order valence-corrected chi connectivity index (χ1v) is 6.45. The third-order valence-electron chi connectivity index (χ3n) is 2.92. The Morgan fingerprint density at radius 3 is 2.62 bits per heavy atom. The second-order valence-electron chi connectivity index (χ2n) is 4.41. The predicted molar refractivity (Wildman–Crippen MR) is 78.1 cm³/mol. The zero-order valence-electron chi connectivity index (χ0n) is 11.2. The standard InChI is InChI=1S/C14H12ClN3O3/c1-17(9-10-5-7-16-8-6-10)14(19)11-3-2-4-12(15)13(11)18(20)21/h2-8H,9H2,1H3. The molecule has 0 N–H and O–H groups in total. The Bertz CT molecular complexity index is 676. The molecule has 6 nitrogen and oxygen atoms in total. The minimum atomic E-state index is -0.643. The van der Waals surface area contributed by atoms with Gasteiger partial charge in [-0.2, -0.15) is 0 Å². The van der Waals surface area contributed by atoms with Crippen molar-refractivity contribution in [2.75, 3.05) is 7.05 Å². The van der Waals surface area contributed by atoms with E-state index >= 15 is 0 Å². The molecule has 1 aromatic carbocycles. The molecule has 1 amide bonds. The largest absolute Gasteiger partial charge is 0.337 e. The smallest absolute Gasteiger partial charge is 0.300 e. The lowest BCUT2D eigenvalue weighted by molar-refractivity contribution is -0.385. The van der Waals surface area contributed by atoms with Crippen molar-refractivity contribution < 1.29 is 9.72 Å². The van der Waals surface area contributed by atoms with Crippen molar-refractivity contribution >= 4 is 23.2 Å². The van der Waals surface area contributed by atoms with Gasteiger partial charge in [0, 0.05) is 26.0 Å². The van der Waals surface area contributed by atoms with Gasteiger partial charge < -0.3 is 4.90 Å². The summed E-state index contributed by atoms with van der Waals surface area (Å²) in [5.74, 6) is -0.457. The van der Waals surface area contributed by atoms with Crippen LogP contribution in [0.4, 0.5) is 5.69 Å². The highest BCUT2D eigenvalue weighted by Crippen LogP contribution is 2.29. The average molecular weight is 306 g/mol. The van der Waals surface area contributed by atoms with Gasteiger partial charge in [0.25, 0.3) is 5.91 Å². The first-order chi connectivity index (χ1) is 10.0. The SMILES string of the molecule is CN(Cc1ccncc1)C(=O)c1cccc(Cl)c1[N+](=O)[O-]. The highest BCUT2D eigenvalue weighted by Gasteiger charge is 2.25. The molecule has 0 spiro atoms. The number of rotatable bonds is 4. The van der Waals surface area contributed by atoms with Crippen molar-refractivity contribution in [2.24, 2.45) is 0 Å². The Labute approximate surface area is 126 Å². The van der Waals surface area contributed by atoms with Gasteiger partial charge in [-0.15, -0.1) is 0 Å². The minimum Gasteiger partial charge on any atom is -0.337 e. The summed E-state index contributed by atoms with van der Waals surface area (Å²) in [5.41, 5.74) is 0.486. The van der Waals surface area contributed by atoms with Crippen LogP contribution in [0.15, 0.2) is 42.7 Å². The Morgan fingerprint density at radius 1 is 1.33 bits per heavy atom. The van der Waals surface area contributed by atoms with Gasteiger partial charge in [0.15, 0.2) is 0 Å². The van der Waals surface area contributed by atoms with Gasteiger partial charge in [0.05, 0.1) is 4.92 Å². The molecule has 108 valence electrons. The molecule has 0 aliphatic carbocycles. The zero-order chi connectivity index (χ0) is 15.4. The summed E-state index contributed by atoms with van der Waals surface area (Å²) in [5, 5.41) is 11.0. The fourth-order valence-electron chi connectivity index (χ4n) is 1.91. The van der Waals surface area contributed by atoms with E-state index in [1.54, 1.807) is 31.6 Å². The molecule has 1 aromatic heterocycles. The Hall–Kier alpha value is -2.47. The van der Waals surface area contributed by atoms with Crippen LogP contribution >= 0.6 is 11.6 Å². The van der Waals surface area contributed by atoms with Crippen molar-refractivity contribution in [3.05, 3.63) is 69.0 Å². The second kappa shape index (κ2) is 6.32. The number of pyridine rings is 1. The molecule has 2 rings (SSSR count). The van der Waals surface area contributed by atoms with E-state index in [-0.39, 0.29) is 16.3 Å². The van der Waals surface area contributed by atoms with E-state index in [0.717, 1.165) is 5.56 Å². The molecule has 0 atom stereocenters. The van der Waals surface area contributed by atoms with Crippen LogP contribution in [0.25, 0.3) is 0 Å². The molecular weight excluding hydrogens is 294 g/mol.